The van der Waals surface area contributed by atoms with Gasteiger partial charge in [-0.25, -0.2) is 4.99 Å². The third kappa shape index (κ3) is 5.45. The van der Waals surface area contributed by atoms with Gasteiger partial charge in [0.2, 0.25) is 5.91 Å². The predicted octanol–water partition coefficient (Wildman–Crippen LogP) is 0.599. The van der Waals surface area contributed by atoms with Gasteiger partial charge < -0.3 is 20.1 Å². The van der Waals surface area contributed by atoms with Crippen molar-refractivity contribution in [2.75, 3.05) is 39.3 Å². The Morgan fingerprint density at radius 3 is 2.69 bits per heavy atom. The third-order valence-electron chi connectivity index (χ3n) is 4.67. The molecule has 2 N–H and O–H groups in total. The molecule has 0 spiro atoms. The number of nitrogens with one attached hydrogen (secondary N) is 2. The normalized spacial score (nSPS) is 18.8. The molecule has 1 saturated heterocycles. The Bertz CT molecular complexity index is 617. The molecule has 1 aliphatic carbocycles. The van der Waals surface area contributed by atoms with E-state index in [1.807, 2.05) is 6.07 Å². The van der Waals surface area contributed by atoms with Gasteiger partial charge in [0.1, 0.15) is 6.54 Å². The number of aryl methyl sites for hydroxylation is 1. The molecule has 1 saturated carbocycles. The van der Waals surface area contributed by atoms with Gasteiger partial charge in [0, 0.05) is 44.8 Å². The number of aliphatic imine (C=N–C) groups is 1. The fourth-order valence-corrected chi connectivity index (χ4v) is 3.00. The summed E-state index contributed by atoms with van der Waals surface area (Å²) >= 11 is 0. The van der Waals surface area contributed by atoms with Gasteiger partial charge in [-0.3, -0.25) is 9.69 Å². The van der Waals surface area contributed by atoms with E-state index in [4.69, 9.17) is 4.52 Å². The quantitative estimate of drug-likeness (QED) is 0.546. The predicted molar refractivity (Wildman–Crippen MR) is 99.9 cm³/mol. The fourth-order valence-electron chi connectivity index (χ4n) is 3.00. The molecular weight excluding hydrogens is 332 g/mol. The van der Waals surface area contributed by atoms with E-state index in [0.29, 0.717) is 19.1 Å². The van der Waals surface area contributed by atoms with E-state index >= 15 is 0 Å². The fraction of sp³-hybridized carbons (Fsp3) is 0.722. The number of hydrogen-bond acceptors (Lipinski definition) is 5. The zero-order valence-electron chi connectivity index (χ0n) is 15.8. The molecule has 0 unspecified atom stereocenters. The van der Waals surface area contributed by atoms with Crippen LogP contribution in [0.1, 0.15) is 38.1 Å². The molecule has 1 aromatic rings. The van der Waals surface area contributed by atoms with Crippen LogP contribution < -0.4 is 10.6 Å². The summed E-state index contributed by atoms with van der Waals surface area (Å²) in [4.78, 5) is 21.1. The Balaban J connectivity index is 1.48. The van der Waals surface area contributed by atoms with E-state index in [-0.39, 0.29) is 5.91 Å². The van der Waals surface area contributed by atoms with Crippen LogP contribution >= 0.6 is 0 Å². The lowest BCUT2D eigenvalue weighted by Crippen LogP contribution is -2.54. The second kappa shape index (κ2) is 9.02. The van der Waals surface area contributed by atoms with Crippen LogP contribution in [0.3, 0.4) is 0 Å². The summed E-state index contributed by atoms with van der Waals surface area (Å²) in [7, 11) is 0. The van der Waals surface area contributed by atoms with E-state index in [1.165, 1.54) is 0 Å². The Labute approximate surface area is 155 Å². The SMILES string of the molecule is CCNC(=NCc1cc(CC)no1)N1CCN(CC(=O)NC2CC2)CC1. The summed E-state index contributed by atoms with van der Waals surface area (Å²) < 4.78 is 5.31. The van der Waals surface area contributed by atoms with Crippen molar-refractivity contribution in [3.05, 3.63) is 17.5 Å². The highest BCUT2D eigenvalue weighted by molar-refractivity contribution is 5.80. The van der Waals surface area contributed by atoms with Crippen molar-refractivity contribution >= 4 is 11.9 Å². The maximum absolute atomic E-state index is 11.9. The van der Waals surface area contributed by atoms with Crippen molar-refractivity contribution in [2.24, 2.45) is 4.99 Å². The van der Waals surface area contributed by atoms with Gasteiger partial charge in [-0.2, -0.15) is 0 Å². The maximum atomic E-state index is 11.9. The second-order valence-corrected chi connectivity index (χ2v) is 6.91. The van der Waals surface area contributed by atoms with Crippen molar-refractivity contribution in [1.29, 1.82) is 0 Å². The van der Waals surface area contributed by atoms with E-state index in [0.717, 1.165) is 69.4 Å². The first-order valence-electron chi connectivity index (χ1n) is 9.67. The van der Waals surface area contributed by atoms with Crippen molar-refractivity contribution in [3.63, 3.8) is 0 Å². The molecule has 8 heteroatoms. The standard InChI is InChI=1S/C18H30N6O2/c1-3-14-11-16(26-22-14)12-20-18(19-4-2)24-9-7-23(8-10-24)13-17(25)21-15-5-6-15/h11,15H,3-10,12-13H2,1-2H3,(H,19,20)(H,21,25). The van der Waals surface area contributed by atoms with Gasteiger partial charge in [-0.1, -0.05) is 12.1 Å². The molecule has 26 heavy (non-hydrogen) atoms. The molecule has 2 fully saturated rings. The summed E-state index contributed by atoms with van der Waals surface area (Å²) in [5, 5.41) is 10.4. The molecule has 1 amide bonds. The maximum Gasteiger partial charge on any atom is 0.234 e. The topological polar surface area (TPSA) is 86.0 Å². The number of piperazine rings is 1. The number of amides is 1. The van der Waals surface area contributed by atoms with Gasteiger partial charge in [0.05, 0.1) is 12.2 Å². The molecular formula is C18H30N6O2. The number of rotatable bonds is 7. The molecule has 3 rings (SSSR count). The zero-order chi connectivity index (χ0) is 18.4. The summed E-state index contributed by atoms with van der Waals surface area (Å²) in [6.45, 7) is 9.37. The van der Waals surface area contributed by atoms with Crippen LogP contribution in [0.4, 0.5) is 0 Å². The Morgan fingerprint density at radius 1 is 1.31 bits per heavy atom. The molecule has 1 aliphatic heterocycles. The zero-order valence-corrected chi connectivity index (χ0v) is 15.8. The average Bonchev–Trinajstić information content (AvgIpc) is 3.33. The summed E-state index contributed by atoms with van der Waals surface area (Å²) in [6, 6.07) is 2.39. The van der Waals surface area contributed by atoms with Crippen molar-refractivity contribution in [3.8, 4) is 0 Å². The molecule has 144 valence electrons. The first-order valence-corrected chi connectivity index (χ1v) is 9.67. The van der Waals surface area contributed by atoms with Crippen LogP contribution in [0, 0.1) is 0 Å². The minimum Gasteiger partial charge on any atom is -0.359 e. The lowest BCUT2D eigenvalue weighted by Gasteiger charge is -2.36. The van der Waals surface area contributed by atoms with Crippen LogP contribution in [-0.2, 0) is 17.8 Å². The number of guanidine groups is 1. The number of aromatic nitrogens is 1. The van der Waals surface area contributed by atoms with Gasteiger partial charge in [0.15, 0.2) is 11.7 Å². The molecule has 0 atom stereocenters. The van der Waals surface area contributed by atoms with Crippen LogP contribution in [0.5, 0.6) is 0 Å². The lowest BCUT2D eigenvalue weighted by molar-refractivity contribution is -0.122. The highest BCUT2D eigenvalue weighted by atomic mass is 16.5. The monoisotopic (exact) mass is 362 g/mol. The molecule has 0 bridgehead atoms. The highest BCUT2D eigenvalue weighted by Gasteiger charge is 2.25. The molecule has 0 radical (unpaired) electrons. The van der Waals surface area contributed by atoms with Crippen LogP contribution in [0.15, 0.2) is 15.6 Å². The minimum absolute atomic E-state index is 0.151. The minimum atomic E-state index is 0.151. The highest BCUT2D eigenvalue weighted by Crippen LogP contribution is 2.18. The smallest absolute Gasteiger partial charge is 0.234 e. The van der Waals surface area contributed by atoms with Crippen LogP contribution in [0.2, 0.25) is 0 Å². The second-order valence-electron chi connectivity index (χ2n) is 6.91. The molecule has 2 aliphatic rings. The Morgan fingerprint density at radius 2 is 2.08 bits per heavy atom. The van der Waals surface area contributed by atoms with E-state index in [9.17, 15) is 4.79 Å². The van der Waals surface area contributed by atoms with E-state index < -0.39 is 0 Å². The largest absolute Gasteiger partial charge is 0.359 e. The Hall–Kier alpha value is -2.09. The number of carbonyl (C=O) groups is 1. The number of nitrogens with zero attached hydrogens (tertiary/aromatic N) is 4. The molecule has 8 nitrogen and oxygen atoms in total. The Kier molecular flexibility index (Phi) is 6.49. The first kappa shape index (κ1) is 18.7. The first-order chi connectivity index (χ1) is 12.7. The average molecular weight is 362 g/mol. The van der Waals surface area contributed by atoms with Gasteiger partial charge in [0.25, 0.3) is 0 Å². The van der Waals surface area contributed by atoms with Crippen LogP contribution in [0.25, 0.3) is 0 Å². The summed E-state index contributed by atoms with van der Waals surface area (Å²) in [5.74, 6) is 1.83. The van der Waals surface area contributed by atoms with Crippen LogP contribution in [-0.4, -0.2) is 72.1 Å². The number of carbonyl (C=O) groups excluding carboxylic acids is 1. The molecule has 2 heterocycles. The third-order valence-corrected chi connectivity index (χ3v) is 4.67. The van der Waals surface area contributed by atoms with Crippen molar-refractivity contribution < 1.29 is 9.32 Å². The molecule has 1 aromatic heterocycles. The summed E-state index contributed by atoms with van der Waals surface area (Å²) in [6.07, 6.45) is 3.13. The van der Waals surface area contributed by atoms with Crippen molar-refractivity contribution in [1.82, 2.24) is 25.6 Å². The van der Waals surface area contributed by atoms with E-state index in [1.54, 1.807) is 0 Å². The lowest BCUT2D eigenvalue weighted by atomic mass is 10.3. The van der Waals surface area contributed by atoms with Gasteiger partial charge in [-0.15, -0.1) is 0 Å². The van der Waals surface area contributed by atoms with Gasteiger partial charge >= 0.3 is 0 Å². The van der Waals surface area contributed by atoms with Gasteiger partial charge in [-0.05, 0) is 26.2 Å². The summed E-state index contributed by atoms with van der Waals surface area (Å²) in [5.41, 5.74) is 0.957. The van der Waals surface area contributed by atoms with E-state index in [2.05, 4.69) is 44.4 Å². The van der Waals surface area contributed by atoms with Crippen molar-refractivity contribution in [2.45, 2.75) is 45.7 Å². The molecule has 0 aromatic carbocycles. The number of hydrogen-bond donors (Lipinski definition) is 2.